The SMILES string of the molecule is O=CCC(O)C(O)OF. The van der Waals surface area contributed by atoms with Gasteiger partial charge >= 0.3 is 0 Å². The summed E-state index contributed by atoms with van der Waals surface area (Å²) in [6.07, 6.45) is -3.39. The highest BCUT2D eigenvalue weighted by Crippen LogP contribution is 1.98. The Kier molecular flexibility index (Phi) is 4.12. The van der Waals surface area contributed by atoms with Gasteiger partial charge in [-0.15, -0.1) is 0 Å². The van der Waals surface area contributed by atoms with Crippen molar-refractivity contribution in [1.29, 1.82) is 0 Å². The second-order valence-corrected chi connectivity index (χ2v) is 1.45. The van der Waals surface area contributed by atoms with Gasteiger partial charge in [-0.3, -0.25) is 0 Å². The lowest BCUT2D eigenvalue weighted by Gasteiger charge is -2.08. The summed E-state index contributed by atoms with van der Waals surface area (Å²) in [4.78, 5) is 12.4. The Morgan fingerprint density at radius 3 is 2.56 bits per heavy atom. The standard InChI is InChI=1S/C4H7FO4/c5-9-4(8)3(7)1-2-6/h2-4,7-8H,1H2. The van der Waals surface area contributed by atoms with Gasteiger partial charge in [0.2, 0.25) is 6.29 Å². The third-order valence-electron chi connectivity index (χ3n) is 0.758. The van der Waals surface area contributed by atoms with Crippen molar-refractivity contribution in [3.63, 3.8) is 0 Å². The zero-order valence-electron chi connectivity index (χ0n) is 4.53. The second kappa shape index (κ2) is 4.37. The molecule has 0 fully saturated rings. The fraction of sp³-hybridized carbons (Fsp3) is 0.750. The molecule has 0 saturated carbocycles. The van der Waals surface area contributed by atoms with Crippen LogP contribution < -0.4 is 0 Å². The average Bonchev–Trinajstić information content (AvgIpc) is 1.87. The van der Waals surface area contributed by atoms with Crippen LogP contribution in [0.15, 0.2) is 0 Å². The van der Waals surface area contributed by atoms with E-state index >= 15 is 0 Å². The molecule has 0 aromatic carbocycles. The lowest BCUT2D eigenvalue weighted by molar-refractivity contribution is -0.285. The van der Waals surface area contributed by atoms with Crippen LogP contribution in [0.4, 0.5) is 4.53 Å². The minimum atomic E-state index is -1.92. The largest absolute Gasteiger partial charge is 0.387 e. The second-order valence-electron chi connectivity index (χ2n) is 1.45. The number of hydrogen-bond acceptors (Lipinski definition) is 4. The van der Waals surface area contributed by atoms with Crippen molar-refractivity contribution in [3.05, 3.63) is 0 Å². The van der Waals surface area contributed by atoms with E-state index in [1.165, 1.54) is 0 Å². The van der Waals surface area contributed by atoms with E-state index in [1.54, 1.807) is 0 Å². The van der Waals surface area contributed by atoms with Gasteiger partial charge in [0.15, 0.2) is 0 Å². The molecule has 0 aliphatic heterocycles. The topological polar surface area (TPSA) is 66.8 Å². The first-order valence-corrected chi connectivity index (χ1v) is 2.29. The smallest absolute Gasteiger partial charge is 0.220 e. The van der Waals surface area contributed by atoms with E-state index in [2.05, 4.69) is 4.94 Å². The van der Waals surface area contributed by atoms with E-state index in [4.69, 9.17) is 10.2 Å². The van der Waals surface area contributed by atoms with E-state index in [1.807, 2.05) is 0 Å². The highest BCUT2D eigenvalue weighted by molar-refractivity contribution is 5.50. The monoisotopic (exact) mass is 138 g/mol. The van der Waals surface area contributed by atoms with Gasteiger partial charge in [-0.2, -0.15) is 4.94 Å². The van der Waals surface area contributed by atoms with Crippen LogP contribution in [0, 0.1) is 0 Å². The van der Waals surface area contributed by atoms with Crippen LogP contribution in [0.1, 0.15) is 6.42 Å². The number of aliphatic hydroxyl groups excluding tert-OH is 2. The summed E-state index contributed by atoms with van der Waals surface area (Å²) in [5.41, 5.74) is 0. The van der Waals surface area contributed by atoms with E-state index < -0.39 is 12.4 Å². The van der Waals surface area contributed by atoms with Crippen LogP contribution in [0.3, 0.4) is 0 Å². The molecule has 0 aromatic rings. The molecule has 0 aliphatic rings. The zero-order valence-corrected chi connectivity index (χ0v) is 4.53. The van der Waals surface area contributed by atoms with Crippen molar-refractivity contribution >= 4 is 6.29 Å². The molecule has 0 radical (unpaired) electrons. The molecule has 0 bridgehead atoms. The summed E-state index contributed by atoms with van der Waals surface area (Å²) < 4.78 is 10.9. The van der Waals surface area contributed by atoms with E-state index in [9.17, 15) is 9.32 Å². The molecule has 54 valence electrons. The molecule has 9 heavy (non-hydrogen) atoms. The number of carbonyl (C=O) groups is 1. The van der Waals surface area contributed by atoms with E-state index in [-0.39, 0.29) is 6.42 Å². The highest BCUT2D eigenvalue weighted by Gasteiger charge is 2.16. The molecule has 0 amide bonds. The summed E-state index contributed by atoms with van der Waals surface area (Å²) >= 11 is 0. The Morgan fingerprint density at radius 2 is 2.22 bits per heavy atom. The van der Waals surface area contributed by atoms with Crippen LogP contribution >= 0.6 is 0 Å². The van der Waals surface area contributed by atoms with Crippen LogP contribution in [-0.4, -0.2) is 28.9 Å². The molecule has 0 aliphatic carbocycles. The maximum atomic E-state index is 10.9. The van der Waals surface area contributed by atoms with E-state index in [0.29, 0.717) is 6.29 Å². The number of aliphatic hydroxyl groups is 2. The number of rotatable bonds is 4. The fourth-order valence-electron chi connectivity index (χ4n) is 0.274. The van der Waals surface area contributed by atoms with Crippen molar-refractivity contribution in [2.45, 2.75) is 18.8 Å². The molecule has 2 unspecified atom stereocenters. The highest BCUT2D eigenvalue weighted by atomic mass is 19.3. The average molecular weight is 138 g/mol. The van der Waals surface area contributed by atoms with Crippen molar-refractivity contribution in [2.75, 3.05) is 0 Å². The summed E-state index contributed by atoms with van der Waals surface area (Å²) in [6.45, 7) is 0. The summed E-state index contributed by atoms with van der Waals surface area (Å²) in [5, 5.41) is 16.7. The van der Waals surface area contributed by atoms with Crippen LogP contribution in [-0.2, 0) is 9.74 Å². The molecule has 2 N–H and O–H groups in total. The van der Waals surface area contributed by atoms with Crippen molar-refractivity contribution in [3.8, 4) is 0 Å². The first-order valence-electron chi connectivity index (χ1n) is 2.29. The zero-order chi connectivity index (χ0) is 7.28. The minimum absolute atomic E-state index is 0.342. The number of aldehydes is 1. The Balaban J connectivity index is 3.44. The maximum absolute atomic E-state index is 10.9. The van der Waals surface area contributed by atoms with Crippen molar-refractivity contribution in [2.24, 2.45) is 0 Å². The Hall–Kier alpha value is -0.520. The molecule has 0 rings (SSSR count). The molecule has 2 atom stereocenters. The summed E-state index contributed by atoms with van der Waals surface area (Å²) in [7, 11) is 0. The molecule has 5 heteroatoms. The van der Waals surface area contributed by atoms with Gasteiger partial charge < -0.3 is 15.0 Å². The van der Waals surface area contributed by atoms with Gasteiger partial charge in [-0.1, -0.05) is 0 Å². The first kappa shape index (κ1) is 8.48. The normalized spacial score (nSPS) is 16.8. The molecule has 4 nitrogen and oxygen atoms in total. The van der Waals surface area contributed by atoms with Gasteiger partial charge in [-0.05, 0) is 4.53 Å². The third kappa shape index (κ3) is 3.12. The van der Waals surface area contributed by atoms with Crippen molar-refractivity contribution < 1.29 is 24.5 Å². The van der Waals surface area contributed by atoms with Crippen molar-refractivity contribution in [1.82, 2.24) is 0 Å². The Morgan fingerprint density at radius 1 is 1.67 bits per heavy atom. The maximum Gasteiger partial charge on any atom is 0.220 e. The number of halogens is 1. The third-order valence-corrected chi connectivity index (χ3v) is 0.758. The van der Waals surface area contributed by atoms with E-state index in [0.717, 1.165) is 0 Å². The molecular formula is C4H7FO4. The first-order chi connectivity index (χ1) is 4.22. The minimum Gasteiger partial charge on any atom is -0.387 e. The van der Waals surface area contributed by atoms with Gasteiger partial charge in [0.05, 0.1) is 0 Å². The van der Waals surface area contributed by atoms with Crippen LogP contribution in [0.5, 0.6) is 0 Å². The van der Waals surface area contributed by atoms with Gasteiger partial charge in [0.1, 0.15) is 12.4 Å². The molecule has 0 aromatic heterocycles. The van der Waals surface area contributed by atoms with Gasteiger partial charge in [0.25, 0.3) is 0 Å². The van der Waals surface area contributed by atoms with Crippen LogP contribution in [0.2, 0.25) is 0 Å². The van der Waals surface area contributed by atoms with Crippen LogP contribution in [0.25, 0.3) is 0 Å². The van der Waals surface area contributed by atoms with Gasteiger partial charge in [0, 0.05) is 6.42 Å². The predicted molar refractivity (Wildman–Crippen MR) is 24.9 cm³/mol. The predicted octanol–water partition coefficient (Wildman–Crippen LogP) is -0.844. The Bertz CT molecular complexity index is 86.6. The molecule has 0 saturated heterocycles. The van der Waals surface area contributed by atoms with Gasteiger partial charge in [-0.25, -0.2) is 0 Å². The fourth-order valence-corrected chi connectivity index (χ4v) is 0.274. The quantitative estimate of drug-likeness (QED) is 0.392. The lowest BCUT2D eigenvalue weighted by atomic mass is 10.3. The molecular weight excluding hydrogens is 131 g/mol. The summed E-state index contributed by atoms with van der Waals surface area (Å²) in [6, 6.07) is 0. The lowest BCUT2D eigenvalue weighted by Crippen LogP contribution is -2.26. The number of carbonyl (C=O) groups excluding carboxylic acids is 1. The molecule has 0 spiro atoms. The molecule has 0 heterocycles. The number of hydrogen-bond donors (Lipinski definition) is 2. The summed E-state index contributed by atoms with van der Waals surface area (Å²) in [5.74, 6) is 0. The Labute approximate surface area is 50.8 Å².